The maximum absolute atomic E-state index is 13.6. The third-order valence-electron chi connectivity index (χ3n) is 5.80. The van der Waals surface area contributed by atoms with Crippen molar-refractivity contribution in [3.63, 3.8) is 0 Å². The van der Waals surface area contributed by atoms with Gasteiger partial charge in [0.15, 0.2) is 11.5 Å². The number of carbonyl (C=O) groups excluding carboxylic acids is 3. The van der Waals surface area contributed by atoms with Gasteiger partial charge in [0, 0.05) is 6.07 Å². The third-order valence-corrected chi connectivity index (χ3v) is 6.39. The van der Waals surface area contributed by atoms with Crippen molar-refractivity contribution in [2.45, 2.75) is 27.4 Å². The summed E-state index contributed by atoms with van der Waals surface area (Å²) in [5, 5.41) is 2.22. The highest BCUT2D eigenvalue weighted by Gasteiger charge is 2.38. The molecule has 0 radical (unpaired) electrons. The Hall–Kier alpha value is -4.38. The van der Waals surface area contributed by atoms with E-state index in [1.54, 1.807) is 57.2 Å². The summed E-state index contributed by atoms with van der Waals surface area (Å²) in [7, 11) is 0. The van der Waals surface area contributed by atoms with Gasteiger partial charge in [0.1, 0.15) is 29.5 Å². The number of anilines is 1. The van der Waals surface area contributed by atoms with E-state index < -0.39 is 17.8 Å². The summed E-state index contributed by atoms with van der Waals surface area (Å²) in [5.41, 5.74) is 0.909. The van der Waals surface area contributed by atoms with E-state index in [1.165, 1.54) is 24.3 Å². The van der Waals surface area contributed by atoms with Crippen LogP contribution in [0.25, 0.3) is 6.08 Å². The average molecular weight is 627 g/mol. The Kier molecular flexibility index (Phi) is 9.61. The van der Waals surface area contributed by atoms with Crippen LogP contribution in [0.2, 0.25) is 0 Å². The van der Waals surface area contributed by atoms with Crippen molar-refractivity contribution in [3.8, 4) is 23.0 Å². The zero-order chi connectivity index (χ0) is 29.5. The Morgan fingerprint density at radius 2 is 1.61 bits per heavy atom. The van der Waals surface area contributed by atoms with Gasteiger partial charge in [-0.05, 0) is 90.3 Å². The van der Waals surface area contributed by atoms with E-state index in [1.807, 2.05) is 0 Å². The van der Waals surface area contributed by atoms with Crippen molar-refractivity contribution >= 4 is 45.5 Å². The fourth-order valence-electron chi connectivity index (χ4n) is 4.11. The average Bonchev–Trinajstić information content (AvgIpc) is 2.92. The molecule has 1 saturated heterocycles. The Morgan fingerprint density at radius 3 is 2.32 bits per heavy atom. The molecular formula is C30H28BrFN2O7. The fraction of sp³-hybridized carbons (Fsp3) is 0.233. The minimum atomic E-state index is -0.913. The number of barbiturate groups is 1. The molecule has 0 unspecified atom stereocenters. The molecular weight excluding hydrogens is 599 g/mol. The van der Waals surface area contributed by atoms with Gasteiger partial charge in [0.05, 0.1) is 30.0 Å². The first-order valence-corrected chi connectivity index (χ1v) is 13.7. The lowest BCUT2D eigenvalue weighted by Crippen LogP contribution is -2.54. The van der Waals surface area contributed by atoms with Crippen LogP contribution in [0.15, 0.2) is 64.6 Å². The number of nitrogens with zero attached hydrogens (tertiary/aromatic N) is 1. The maximum Gasteiger partial charge on any atom is 0.336 e. The maximum atomic E-state index is 13.6. The van der Waals surface area contributed by atoms with Gasteiger partial charge in [-0.2, -0.15) is 0 Å². The molecule has 1 fully saturated rings. The lowest BCUT2D eigenvalue weighted by molar-refractivity contribution is -0.122. The van der Waals surface area contributed by atoms with E-state index >= 15 is 0 Å². The molecule has 0 spiro atoms. The number of hydrogen-bond acceptors (Lipinski definition) is 7. The van der Waals surface area contributed by atoms with Gasteiger partial charge in [-0.25, -0.2) is 14.1 Å². The van der Waals surface area contributed by atoms with E-state index in [2.05, 4.69) is 21.2 Å². The quantitative estimate of drug-likeness (QED) is 0.205. The van der Waals surface area contributed by atoms with Crippen LogP contribution in [0.5, 0.6) is 23.0 Å². The van der Waals surface area contributed by atoms with E-state index in [4.69, 9.17) is 18.9 Å². The highest BCUT2D eigenvalue weighted by atomic mass is 79.9. The van der Waals surface area contributed by atoms with Crippen LogP contribution in [-0.2, 0) is 16.2 Å². The van der Waals surface area contributed by atoms with Crippen molar-refractivity contribution in [1.29, 1.82) is 0 Å². The zero-order valence-electron chi connectivity index (χ0n) is 22.7. The zero-order valence-corrected chi connectivity index (χ0v) is 24.2. The van der Waals surface area contributed by atoms with Gasteiger partial charge >= 0.3 is 6.03 Å². The van der Waals surface area contributed by atoms with Crippen molar-refractivity contribution in [2.24, 2.45) is 0 Å². The van der Waals surface area contributed by atoms with E-state index in [-0.39, 0.29) is 36.0 Å². The van der Waals surface area contributed by atoms with Crippen LogP contribution in [0.1, 0.15) is 31.9 Å². The van der Waals surface area contributed by atoms with Crippen molar-refractivity contribution in [2.75, 3.05) is 24.7 Å². The number of carbonyl (C=O) groups is 3. The topological polar surface area (TPSA) is 103 Å². The molecule has 3 aromatic carbocycles. The molecule has 9 nitrogen and oxygen atoms in total. The highest BCUT2D eigenvalue weighted by Crippen LogP contribution is 2.39. The van der Waals surface area contributed by atoms with Crippen LogP contribution >= 0.6 is 15.9 Å². The number of nitrogens with one attached hydrogen (secondary N) is 1. The number of ether oxygens (including phenoxy) is 4. The summed E-state index contributed by atoms with van der Waals surface area (Å²) in [6.45, 7) is 6.42. The molecule has 4 rings (SSSR count). The lowest BCUT2D eigenvalue weighted by Gasteiger charge is -2.28. The number of hydrogen-bond donors (Lipinski definition) is 1. The van der Waals surface area contributed by atoms with Gasteiger partial charge < -0.3 is 18.9 Å². The molecule has 1 aliphatic rings. The number of amides is 4. The van der Waals surface area contributed by atoms with E-state index in [0.29, 0.717) is 46.1 Å². The number of halogens is 2. The second-order valence-electron chi connectivity index (χ2n) is 8.64. The predicted octanol–water partition coefficient (Wildman–Crippen LogP) is 6.03. The molecule has 0 saturated carbocycles. The summed E-state index contributed by atoms with van der Waals surface area (Å²) < 4.78 is 36.9. The minimum Gasteiger partial charge on any atom is -0.494 e. The first-order valence-electron chi connectivity index (χ1n) is 12.9. The Balaban J connectivity index is 1.70. The van der Waals surface area contributed by atoms with Gasteiger partial charge in [-0.1, -0.05) is 12.1 Å². The first kappa shape index (κ1) is 29.6. The number of urea groups is 1. The largest absolute Gasteiger partial charge is 0.494 e. The smallest absolute Gasteiger partial charge is 0.336 e. The van der Waals surface area contributed by atoms with E-state index in [0.717, 1.165) is 4.90 Å². The normalized spacial score (nSPS) is 14.2. The highest BCUT2D eigenvalue weighted by molar-refractivity contribution is 9.10. The lowest BCUT2D eigenvalue weighted by atomic mass is 10.1. The van der Waals surface area contributed by atoms with Gasteiger partial charge in [0.25, 0.3) is 11.8 Å². The Bertz CT molecular complexity index is 1510. The van der Waals surface area contributed by atoms with Crippen LogP contribution in [0.3, 0.4) is 0 Å². The molecule has 0 bridgehead atoms. The van der Waals surface area contributed by atoms with Crippen LogP contribution in [-0.4, -0.2) is 37.7 Å². The van der Waals surface area contributed by atoms with Gasteiger partial charge in [0.2, 0.25) is 0 Å². The summed E-state index contributed by atoms with van der Waals surface area (Å²) in [5.74, 6) is -0.668. The molecule has 1 aliphatic heterocycles. The summed E-state index contributed by atoms with van der Waals surface area (Å²) in [4.78, 5) is 40.1. The molecule has 0 atom stereocenters. The molecule has 41 heavy (non-hydrogen) atoms. The summed E-state index contributed by atoms with van der Waals surface area (Å²) in [6, 6.07) is 13.1. The molecule has 1 heterocycles. The Morgan fingerprint density at radius 1 is 0.878 bits per heavy atom. The molecule has 0 aliphatic carbocycles. The number of rotatable bonds is 11. The monoisotopic (exact) mass is 626 g/mol. The second kappa shape index (κ2) is 13.3. The van der Waals surface area contributed by atoms with Crippen molar-refractivity contribution in [1.82, 2.24) is 5.32 Å². The second-order valence-corrected chi connectivity index (χ2v) is 9.49. The molecule has 214 valence electrons. The fourth-order valence-corrected chi connectivity index (χ4v) is 4.68. The minimum absolute atomic E-state index is 0.0812. The van der Waals surface area contributed by atoms with Crippen molar-refractivity contribution in [3.05, 3.63) is 81.6 Å². The molecule has 11 heteroatoms. The number of benzene rings is 3. The van der Waals surface area contributed by atoms with Gasteiger partial charge in [-0.15, -0.1) is 0 Å². The molecule has 1 N–H and O–H groups in total. The predicted molar refractivity (Wildman–Crippen MR) is 154 cm³/mol. The molecule has 0 aromatic heterocycles. The SMILES string of the molecule is CCOc1ccc(OCC)c(N2C(=O)NC(=O)/C(=C\c3cc(Br)c(OCc4cccc(F)c4)c(OCC)c3)C2=O)c1. The Labute approximate surface area is 245 Å². The van der Waals surface area contributed by atoms with Crippen LogP contribution in [0.4, 0.5) is 14.9 Å². The third kappa shape index (κ3) is 6.86. The van der Waals surface area contributed by atoms with Gasteiger partial charge in [-0.3, -0.25) is 14.9 Å². The number of imide groups is 2. The van der Waals surface area contributed by atoms with Crippen LogP contribution in [0, 0.1) is 5.82 Å². The first-order chi connectivity index (χ1) is 19.7. The van der Waals surface area contributed by atoms with Crippen LogP contribution < -0.4 is 29.2 Å². The molecule has 3 aromatic rings. The molecule has 4 amide bonds. The van der Waals surface area contributed by atoms with E-state index in [9.17, 15) is 18.8 Å². The van der Waals surface area contributed by atoms with Crippen molar-refractivity contribution < 1.29 is 37.7 Å². The summed E-state index contributed by atoms with van der Waals surface area (Å²) in [6.07, 6.45) is 1.35. The summed E-state index contributed by atoms with van der Waals surface area (Å²) >= 11 is 3.47. The standard InChI is InChI=1S/C30H28BrFN2O7/c1-4-38-21-10-11-25(39-5-2)24(16-21)34-29(36)22(28(35)33-30(34)37)13-19-14-23(31)27(26(15-19)40-6-3)41-17-18-8-7-9-20(32)12-18/h7-16H,4-6,17H2,1-3H3,(H,33,35,37)/b22-13+.